The van der Waals surface area contributed by atoms with Crippen molar-refractivity contribution < 1.29 is 36.2 Å². The third-order valence-electron chi connectivity index (χ3n) is 2.71. The molecule has 2 rings (SSSR count). The summed E-state index contributed by atoms with van der Waals surface area (Å²) in [6, 6.07) is 8.79. The normalized spacial score (nSPS) is 11.8. The Hall–Kier alpha value is -2.75. The Morgan fingerprint density at radius 2 is 1.75 bits per heavy atom. The summed E-state index contributed by atoms with van der Waals surface area (Å²) in [5, 5.41) is 8.87. The Bertz CT molecular complexity index is 865. The zero-order valence-electron chi connectivity index (χ0n) is 11.7. The van der Waals surface area contributed by atoms with E-state index in [9.17, 15) is 26.4 Å². The first-order valence-electron chi connectivity index (χ1n) is 6.29. The highest BCUT2D eigenvalue weighted by molar-refractivity contribution is 7.92. The van der Waals surface area contributed by atoms with E-state index in [1.54, 1.807) is 0 Å². The van der Waals surface area contributed by atoms with Crippen molar-refractivity contribution >= 4 is 21.7 Å². The number of hydrogen-bond donors (Lipinski definition) is 2. The Morgan fingerprint density at radius 3 is 2.38 bits per heavy atom. The second kappa shape index (κ2) is 6.40. The van der Waals surface area contributed by atoms with Gasteiger partial charge in [-0.2, -0.15) is 0 Å². The quantitative estimate of drug-likeness (QED) is 0.854. The van der Waals surface area contributed by atoms with Crippen LogP contribution in [0, 0.1) is 0 Å². The molecule has 2 N–H and O–H groups in total. The van der Waals surface area contributed by atoms with Gasteiger partial charge in [0.15, 0.2) is 0 Å². The van der Waals surface area contributed by atoms with Crippen LogP contribution in [0.4, 0.5) is 18.9 Å². The van der Waals surface area contributed by atoms with Gasteiger partial charge in [-0.1, -0.05) is 12.1 Å². The zero-order chi connectivity index (χ0) is 18.0. The molecule has 0 unspecified atom stereocenters. The van der Waals surface area contributed by atoms with Crippen LogP contribution < -0.4 is 9.46 Å². The molecule has 0 radical (unpaired) electrons. The van der Waals surface area contributed by atoms with E-state index in [1.165, 1.54) is 18.2 Å². The van der Waals surface area contributed by atoms with Crippen molar-refractivity contribution in [1.82, 2.24) is 0 Å². The minimum atomic E-state index is -4.95. The fourth-order valence-corrected chi connectivity index (χ4v) is 2.85. The van der Waals surface area contributed by atoms with Crippen LogP contribution in [0.2, 0.25) is 0 Å². The molecule has 0 atom stereocenters. The molecule has 0 aliphatic heterocycles. The van der Waals surface area contributed by atoms with Crippen LogP contribution in [0.5, 0.6) is 5.75 Å². The molecular weight excluding hydrogens is 351 g/mol. The summed E-state index contributed by atoms with van der Waals surface area (Å²) in [4.78, 5) is 10.4. The van der Waals surface area contributed by atoms with Crippen molar-refractivity contribution in [1.29, 1.82) is 0 Å². The number of rotatable bonds is 5. The van der Waals surface area contributed by atoms with Gasteiger partial charge >= 0.3 is 12.3 Å². The Morgan fingerprint density at radius 1 is 1.08 bits per heavy atom. The molecule has 24 heavy (non-hydrogen) atoms. The average Bonchev–Trinajstić information content (AvgIpc) is 2.45. The van der Waals surface area contributed by atoms with Gasteiger partial charge in [0.1, 0.15) is 5.75 Å². The molecule has 0 saturated heterocycles. The maximum atomic E-state index is 12.2. The molecule has 0 aromatic heterocycles. The topological polar surface area (TPSA) is 92.7 Å². The number of carboxylic acid groups (broad SMARTS) is 1. The molecular formula is C14H10F3NO5S. The van der Waals surface area contributed by atoms with Crippen molar-refractivity contribution in [2.24, 2.45) is 0 Å². The third kappa shape index (κ3) is 4.62. The van der Waals surface area contributed by atoms with E-state index in [-0.39, 0.29) is 11.3 Å². The molecule has 128 valence electrons. The van der Waals surface area contributed by atoms with Crippen molar-refractivity contribution in [3.8, 4) is 5.75 Å². The number of carboxylic acids is 1. The lowest BCUT2D eigenvalue weighted by molar-refractivity contribution is -0.274. The largest absolute Gasteiger partial charge is 0.573 e. The number of carbonyl (C=O) groups is 1. The molecule has 2 aromatic rings. The Labute approximate surface area is 134 Å². The fourth-order valence-electron chi connectivity index (χ4n) is 1.77. The third-order valence-corrected chi connectivity index (χ3v) is 4.09. The number of aromatic carboxylic acids is 1. The maximum Gasteiger partial charge on any atom is 0.573 e. The lowest BCUT2D eigenvalue weighted by Crippen LogP contribution is -2.18. The molecule has 0 amide bonds. The predicted molar refractivity (Wildman–Crippen MR) is 77.3 cm³/mol. The fraction of sp³-hybridized carbons (Fsp3) is 0.0714. The van der Waals surface area contributed by atoms with Crippen LogP contribution in [0.25, 0.3) is 0 Å². The van der Waals surface area contributed by atoms with Crippen molar-refractivity contribution in [3.05, 3.63) is 54.1 Å². The molecule has 10 heteroatoms. The van der Waals surface area contributed by atoms with Crippen LogP contribution in [0.3, 0.4) is 0 Å². The molecule has 2 aromatic carbocycles. The van der Waals surface area contributed by atoms with E-state index < -0.39 is 33.0 Å². The van der Waals surface area contributed by atoms with Gasteiger partial charge in [-0.25, -0.2) is 13.2 Å². The van der Waals surface area contributed by atoms with E-state index in [0.717, 1.165) is 24.3 Å². The average molecular weight is 361 g/mol. The summed E-state index contributed by atoms with van der Waals surface area (Å²) in [5.41, 5.74) is -0.193. The van der Waals surface area contributed by atoms with E-state index in [0.29, 0.717) is 6.07 Å². The van der Waals surface area contributed by atoms with Gasteiger partial charge in [-0.3, -0.25) is 4.72 Å². The number of benzene rings is 2. The molecule has 0 spiro atoms. The number of halogens is 3. The van der Waals surface area contributed by atoms with Crippen LogP contribution in [0.15, 0.2) is 53.4 Å². The molecule has 6 nitrogen and oxygen atoms in total. The molecule has 0 heterocycles. The highest BCUT2D eigenvalue weighted by Gasteiger charge is 2.31. The lowest BCUT2D eigenvalue weighted by atomic mass is 10.2. The van der Waals surface area contributed by atoms with Gasteiger partial charge in [-0.15, -0.1) is 13.2 Å². The zero-order valence-corrected chi connectivity index (χ0v) is 12.6. The summed E-state index contributed by atoms with van der Waals surface area (Å²) < 4.78 is 66.8. The van der Waals surface area contributed by atoms with Gasteiger partial charge in [0, 0.05) is 11.8 Å². The number of sulfonamides is 1. The molecule has 0 aliphatic carbocycles. The summed E-state index contributed by atoms with van der Waals surface area (Å²) in [6.45, 7) is 0. The summed E-state index contributed by atoms with van der Waals surface area (Å²) in [7, 11) is -4.22. The Balaban J connectivity index is 2.29. The van der Waals surface area contributed by atoms with E-state index >= 15 is 0 Å². The first-order valence-corrected chi connectivity index (χ1v) is 7.77. The van der Waals surface area contributed by atoms with E-state index in [2.05, 4.69) is 9.46 Å². The molecule has 0 fully saturated rings. The monoisotopic (exact) mass is 361 g/mol. The van der Waals surface area contributed by atoms with Crippen molar-refractivity contribution in [2.45, 2.75) is 11.3 Å². The number of ether oxygens (including phenoxy) is 1. The van der Waals surface area contributed by atoms with E-state index in [1.807, 2.05) is 0 Å². The smallest absolute Gasteiger partial charge is 0.478 e. The first kappa shape index (κ1) is 17.6. The lowest BCUT2D eigenvalue weighted by Gasteiger charge is -2.12. The number of alkyl halides is 3. The van der Waals surface area contributed by atoms with Crippen LogP contribution >= 0.6 is 0 Å². The van der Waals surface area contributed by atoms with Crippen molar-refractivity contribution in [2.75, 3.05) is 4.72 Å². The molecule has 0 saturated carbocycles. The second-order valence-electron chi connectivity index (χ2n) is 4.51. The van der Waals surface area contributed by atoms with Gasteiger partial charge in [-0.05, 0) is 30.3 Å². The van der Waals surface area contributed by atoms with Gasteiger partial charge in [0.05, 0.1) is 10.5 Å². The van der Waals surface area contributed by atoms with Gasteiger partial charge in [0.2, 0.25) is 0 Å². The highest BCUT2D eigenvalue weighted by Crippen LogP contribution is 2.26. The second-order valence-corrected chi connectivity index (χ2v) is 6.20. The molecule has 0 bridgehead atoms. The van der Waals surface area contributed by atoms with Crippen LogP contribution in [0.1, 0.15) is 10.4 Å². The SMILES string of the molecule is O=C(O)c1cccc(NS(=O)(=O)c2cccc(OC(F)(F)F)c2)c1. The first-order chi connectivity index (χ1) is 11.1. The van der Waals surface area contributed by atoms with Gasteiger partial charge in [0.25, 0.3) is 10.0 Å². The van der Waals surface area contributed by atoms with Crippen LogP contribution in [-0.4, -0.2) is 25.9 Å². The van der Waals surface area contributed by atoms with Crippen LogP contribution in [-0.2, 0) is 10.0 Å². The minimum absolute atomic E-state index is 0.0444. The highest BCUT2D eigenvalue weighted by atomic mass is 32.2. The van der Waals surface area contributed by atoms with Gasteiger partial charge < -0.3 is 9.84 Å². The standard InChI is InChI=1S/C14H10F3NO5S/c15-14(16,17)23-11-5-2-6-12(8-11)24(21,22)18-10-4-1-3-9(7-10)13(19)20/h1-8,18H,(H,19,20). The predicted octanol–water partition coefficient (Wildman–Crippen LogP) is 3.08. The van der Waals surface area contributed by atoms with Crippen molar-refractivity contribution in [3.63, 3.8) is 0 Å². The number of anilines is 1. The Kier molecular flexibility index (Phi) is 4.69. The minimum Gasteiger partial charge on any atom is -0.478 e. The summed E-state index contributed by atoms with van der Waals surface area (Å²) in [6.07, 6.45) is -4.95. The number of hydrogen-bond acceptors (Lipinski definition) is 4. The summed E-state index contributed by atoms with van der Waals surface area (Å²) in [5.74, 6) is -1.94. The molecule has 0 aliphatic rings. The number of nitrogens with one attached hydrogen (secondary N) is 1. The summed E-state index contributed by atoms with van der Waals surface area (Å²) >= 11 is 0. The van der Waals surface area contributed by atoms with E-state index in [4.69, 9.17) is 5.11 Å². The maximum absolute atomic E-state index is 12.2.